The quantitative estimate of drug-likeness (QED) is 0.347. The largest absolute Gasteiger partial charge is 0.461 e. The first-order chi connectivity index (χ1) is 10.0. The van der Waals surface area contributed by atoms with Crippen molar-refractivity contribution in [1.29, 1.82) is 0 Å². The molecule has 0 unspecified atom stereocenters. The number of aromatic nitrogens is 1. The molecule has 0 bridgehead atoms. The van der Waals surface area contributed by atoms with Crippen LogP contribution in [0.15, 0.2) is 23.3 Å². The molecule has 1 heterocycles. The molecule has 1 aromatic carbocycles. The minimum atomic E-state index is -0.428. The Kier molecular flexibility index (Phi) is 4.54. The fraction of sp³-hybridized carbons (Fsp3) is 0.214. The van der Waals surface area contributed by atoms with Crippen LogP contribution in [0.5, 0.6) is 0 Å². The molecular weight excluding hydrogens is 288 g/mol. The van der Waals surface area contributed by atoms with Crippen LogP contribution in [0.1, 0.15) is 28.5 Å². The van der Waals surface area contributed by atoms with E-state index in [-0.39, 0.29) is 5.11 Å². The molecule has 0 radical (unpaired) electrons. The van der Waals surface area contributed by atoms with Gasteiger partial charge in [0, 0.05) is 16.5 Å². The lowest BCUT2D eigenvalue weighted by Crippen LogP contribution is -2.24. The third-order valence-electron chi connectivity index (χ3n) is 2.84. The van der Waals surface area contributed by atoms with E-state index in [0.717, 1.165) is 16.5 Å². The van der Waals surface area contributed by atoms with Gasteiger partial charge in [0.1, 0.15) is 5.69 Å². The predicted molar refractivity (Wildman–Crippen MR) is 86.5 cm³/mol. The average Bonchev–Trinajstić information content (AvgIpc) is 2.77. The van der Waals surface area contributed by atoms with E-state index in [1.165, 1.54) is 6.21 Å². The number of hydrogen-bond acceptors (Lipinski definition) is 4. The summed E-state index contributed by atoms with van der Waals surface area (Å²) in [4.78, 5) is 15.1. The zero-order valence-electron chi connectivity index (χ0n) is 11.8. The van der Waals surface area contributed by atoms with Crippen molar-refractivity contribution in [2.75, 3.05) is 6.61 Å². The molecule has 0 aliphatic carbocycles. The van der Waals surface area contributed by atoms with E-state index >= 15 is 0 Å². The first-order valence-electron chi connectivity index (χ1n) is 6.41. The first-order valence-corrected chi connectivity index (χ1v) is 6.81. The number of aromatic amines is 1. The molecular formula is C14H16N4O2S. The van der Waals surface area contributed by atoms with Crippen molar-refractivity contribution in [3.63, 3.8) is 0 Å². The van der Waals surface area contributed by atoms with Crippen LogP contribution >= 0.6 is 12.2 Å². The standard InChI is InChI=1S/C14H16N4O2S/c1-3-20-13(19)12-10(7-16-18-14(15)21)9-6-8(2)4-5-11(9)17-12/h4-7,17H,3H2,1-2H3,(H3,15,18,21)/b16-7-. The number of nitrogens with one attached hydrogen (secondary N) is 2. The van der Waals surface area contributed by atoms with Crippen LogP contribution in [-0.2, 0) is 4.74 Å². The van der Waals surface area contributed by atoms with E-state index in [0.29, 0.717) is 17.9 Å². The molecule has 21 heavy (non-hydrogen) atoms. The summed E-state index contributed by atoms with van der Waals surface area (Å²) in [6.45, 7) is 4.03. The van der Waals surface area contributed by atoms with Gasteiger partial charge in [-0.25, -0.2) is 4.79 Å². The topological polar surface area (TPSA) is 92.5 Å². The van der Waals surface area contributed by atoms with Gasteiger partial charge in [0.2, 0.25) is 0 Å². The summed E-state index contributed by atoms with van der Waals surface area (Å²) in [5, 5.41) is 4.86. The lowest BCUT2D eigenvalue weighted by Gasteiger charge is -2.01. The maximum Gasteiger partial charge on any atom is 0.355 e. The number of carbonyl (C=O) groups is 1. The van der Waals surface area contributed by atoms with Gasteiger partial charge >= 0.3 is 5.97 Å². The van der Waals surface area contributed by atoms with Crippen molar-refractivity contribution in [3.8, 4) is 0 Å². The molecule has 0 spiro atoms. The van der Waals surface area contributed by atoms with Crippen LogP contribution in [0.25, 0.3) is 10.9 Å². The Bertz CT molecular complexity index is 721. The number of esters is 1. The zero-order chi connectivity index (χ0) is 15.4. The molecule has 2 aromatic rings. The van der Waals surface area contributed by atoms with Gasteiger partial charge in [0.15, 0.2) is 5.11 Å². The van der Waals surface area contributed by atoms with Gasteiger partial charge in [0.05, 0.1) is 12.8 Å². The minimum Gasteiger partial charge on any atom is -0.461 e. The second-order valence-corrected chi connectivity index (χ2v) is 4.86. The summed E-state index contributed by atoms with van der Waals surface area (Å²) in [6.07, 6.45) is 1.50. The molecule has 0 atom stereocenters. The highest BCUT2D eigenvalue weighted by atomic mass is 32.1. The van der Waals surface area contributed by atoms with Crippen LogP contribution < -0.4 is 11.2 Å². The predicted octanol–water partition coefficient (Wildman–Crippen LogP) is 1.82. The molecule has 0 saturated carbocycles. The SMILES string of the molecule is CCOC(=O)c1[nH]c2ccc(C)cc2c1/C=N\NC(N)=S. The number of nitrogens with zero attached hydrogens (tertiary/aromatic N) is 1. The third-order valence-corrected chi connectivity index (χ3v) is 2.93. The van der Waals surface area contributed by atoms with Crippen LogP contribution in [0.3, 0.4) is 0 Å². The summed E-state index contributed by atoms with van der Waals surface area (Å²) < 4.78 is 5.05. The molecule has 0 aliphatic rings. The molecule has 0 fully saturated rings. The van der Waals surface area contributed by atoms with Gasteiger partial charge in [-0.1, -0.05) is 11.6 Å². The third kappa shape index (κ3) is 3.38. The summed E-state index contributed by atoms with van der Waals surface area (Å²) in [7, 11) is 0. The summed E-state index contributed by atoms with van der Waals surface area (Å²) in [5.41, 5.74) is 10.7. The number of thiocarbonyl (C=S) groups is 1. The number of ether oxygens (including phenoxy) is 1. The number of H-pyrrole nitrogens is 1. The van der Waals surface area contributed by atoms with E-state index in [9.17, 15) is 4.79 Å². The van der Waals surface area contributed by atoms with Crippen LogP contribution in [0, 0.1) is 6.92 Å². The summed E-state index contributed by atoms with van der Waals surface area (Å²) in [5.74, 6) is -0.428. The number of nitrogens with two attached hydrogens (primary N) is 1. The fourth-order valence-corrected chi connectivity index (χ4v) is 2.04. The number of hydrogen-bond donors (Lipinski definition) is 3. The van der Waals surface area contributed by atoms with Crippen molar-refractivity contribution in [3.05, 3.63) is 35.0 Å². The Balaban J connectivity index is 2.53. The highest BCUT2D eigenvalue weighted by Gasteiger charge is 2.17. The van der Waals surface area contributed by atoms with Gasteiger partial charge in [0.25, 0.3) is 0 Å². The number of hydrazone groups is 1. The molecule has 0 amide bonds. The average molecular weight is 304 g/mol. The van der Waals surface area contributed by atoms with E-state index in [4.69, 9.17) is 10.5 Å². The maximum absolute atomic E-state index is 12.0. The lowest BCUT2D eigenvalue weighted by molar-refractivity contribution is 0.0520. The first kappa shape index (κ1) is 15.0. The molecule has 0 saturated heterocycles. The molecule has 110 valence electrons. The maximum atomic E-state index is 12.0. The molecule has 0 aliphatic heterocycles. The number of benzene rings is 1. The Morgan fingerprint density at radius 2 is 2.33 bits per heavy atom. The fourth-order valence-electron chi connectivity index (χ4n) is 1.99. The van der Waals surface area contributed by atoms with E-state index in [1.54, 1.807) is 6.92 Å². The lowest BCUT2D eigenvalue weighted by atomic mass is 10.1. The molecule has 7 heteroatoms. The summed E-state index contributed by atoms with van der Waals surface area (Å²) in [6, 6.07) is 5.84. The van der Waals surface area contributed by atoms with E-state index in [2.05, 4.69) is 27.7 Å². The number of rotatable bonds is 4. The molecule has 6 nitrogen and oxygen atoms in total. The van der Waals surface area contributed by atoms with Gasteiger partial charge in [-0.2, -0.15) is 5.10 Å². The van der Waals surface area contributed by atoms with Crippen LogP contribution in [0.2, 0.25) is 0 Å². The second-order valence-electron chi connectivity index (χ2n) is 4.42. The Labute approximate surface area is 127 Å². The van der Waals surface area contributed by atoms with Crippen molar-refractivity contribution >= 4 is 40.4 Å². The van der Waals surface area contributed by atoms with Gasteiger partial charge < -0.3 is 15.5 Å². The smallest absolute Gasteiger partial charge is 0.355 e. The minimum absolute atomic E-state index is 0.0555. The van der Waals surface area contributed by atoms with Crippen molar-refractivity contribution in [2.45, 2.75) is 13.8 Å². The highest BCUT2D eigenvalue weighted by Crippen LogP contribution is 2.23. The zero-order valence-corrected chi connectivity index (χ0v) is 12.6. The Morgan fingerprint density at radius 1 is 1.57 bits per heavy atom. The number of aryl methyl sites for hydroxylation is 1. The number of carbonyl (C=O) groups excluding carboxylic acids is 1. The molecule has 1 aromatic heterocycles. The van der Waals surface area contributed by atoms with Gasteiger partial charge in [-0.15, -0.1) is 0 Å². The Hall–Kier alpha value is -2.41. The second kappa shape index (κ2) is 6.36. The summed E-state index contributed by atoms with van der Waals surface area (Å²) >= 11 is 4.69. The van der Waals surface area contributed by atoms with E-state index < -0.39 is 5.97 Å². The van der Waals surface area contributed by atoms with Crippen molar-refractivity contribution in [1.82, 2.24) is 10.4 Å². The normalized spacial score (nSPS) is 11.0. The Morgan fingerprint density at radius 3 is 3.00 bits per heavy atom. The van der Waals surface area contributed by atoms with Gasteiger partial charge in [-0.3, -0.25) is 5.43 Å². The van der Waals surface area contributed by atoms with Gasteiger partial charge in [-0.05, 0) is 38.2 Å². The monoisotopic (exact) mass is 304 g/mol. The van der Waals surface area contributed by atoms with Crippen LogP contribution in [0.4, 0.5) is 0 Å². The van der Waals surface area contributed by atoms with Crippen molar-refractivity contribution in [2.24, 2.45) is 10.8 Å². The molecule has 4 N–H and O–H groups in total. The highest BCUT2D eigenvalue weighted by molar-refractivity contribution is 7.80. The van der Waals surface area contributed by atoms with Crippen LogP contribution in [-0.4, -0.2) is 28.9 Å². The van der Waals surface area contributed by atoms with E-state index in [1.807, 2.05) is 25.1 Å². The molecule has 2 rings (SSSR count). The number of fused-ring (bicyclic) bond motifs is 1. The van der Waals surface area contributed by atoms with Crippen molar-refractivity contribution < 1.29 is 9.53 Å².